The predicted molar refractivity (Wildman–Crippen MR) is 77.9 cm³/mol. The lowest BCUT2D eigenvalue weighted by atomic mass is 9.83. The van der Waals surface area contributed by atoms with E-state index in [1.54, 1.807) is 0 Å². The van der Waals surface area contributed by atoms with Gasteiger partial charge in [0.05, 0.1) is 11.1 Å². The van der Waals surface area contributed by atoms with Gasteiger partial charge in [-0.15, -0.1) is 0 Å². The maximum absolute atomic E-state index is 13.2. The van der Waals surface area contributed by atoms with Gasteiger partial charge in [-0.3, -0.25) is 4.98 Å². The van der Waals surface area contributed by atoms with Gasteiger partial charge in [0.1, 0.15) is 5.82 Å². The highest BCUT2D eigenvalue weighted by Gasteiger charge is 2.47. The Bertz CT molecular complexity index is 750. The summed E-state index contributed by atoms with van der Waals surface area (Å²) >= 11 is 0. The molecule has 0 fully saturated rings. The number of benzene rings is 1. The minimum absolute atomic E-state index is 0.0525. The zero-order chi connectivity index (χ0) is 19.0. The van der Waals surface area contributed by atoms with Gasteiger partial charge in [-0.05, 0) is 54.7 Å². The van der Waals surface area contributed by atoms with Gasteiger partial charge in [0.15, 0.2) is 0 Å². The second-order valence-electron chi connectivity index (χ2n) is 5.79. The Morgan fingerprint density at radius 2 is 1.77 bits per heavy atom. The van der Waals surface area contributed by atoms with E-state index in [4.69, 9.17) is 4.11 Å². The lowest BCUT2D eigenvalue weighted by Crippen LogP contribution is -2.34. The summed E-state index contributed by atoms with van der Waals surface area (Å²) in [5.41, 5.74) is -1.48. The molecule has 118 valence electrons. The van der Waals surface area contributed by atoms with E-state index in [-0.39, 0.29) is 11.1 Å². The van der Waals surface area contributed by atoms with Gasteiger partial charge in [-0.1, -0.05) is 13.8 Å². The Morgan fingerprint density at radius 3 is 2.32 bits per heavy atom. The monoisotopic (exact) mass is 314 g/mol. The van der Waals surface area contributed by atoms with E-state index >= 15 is 0 Å². The molecular formula is C17H17F4N. The van der Waals surface area contributed by atoms with Crippen molar-refractivity contribution in [2.75, 3.05) is 0 Å². The smallest absolute Gasteiger partial charge is 0.256 e. The fourth-order valence-electron chi connectivity index (χ4n) is 2.00. The van der Waals surface area contributed by atoms with Crippen LogP contribution in [-0.4, -0.2) is 11.2 Å². The topological polar surface area (TPSA) is 12.9 Å². The summed E-state index contributed by atoms with van der Waals surface area (Å²) in [4.78, 5) is 4.03. The number of aromatic nitrogens is 1. The molecule has 1 aromatic carbocycles. The molecule has 0 atom stereocenters. The third-order valence-corrected chi connectivity index (χ3v) is 3.53. The molecule has 0 radical (unpaired) electrons. The molecule has 5 heteroatoms. The van der Waals surface area contributed by atoms with Gasteiger partial charge < -0.3 is 0 Å². The Morgan fingerprint density at radius 1 is 1.14 bits per heavy atom. The molecule has 1 nitrogen and oxygen atoms in total. The van der Waals surface area contributed by atoms with Crippen LogP contribution in [0.15, 0.2) is 36.5 Å². The van der Waals surface area contributed by atoms with Gasteiger partial charge in [0.25, 0.3) is 0 Å². The predicted octanol–water partition coefficient (Wildman–Crippen LogP) is 5.33. The van der Waals surface area contributed by atoms with Crippen molar-refractivity contribution in [2.24, 2.45) is 5.41 Å². The molecule has 0 saturated carbocycles. The minimum atomic E-state index is -4.49. The molecular weight excluding hydrogens is 294 g/mol. The standard InChI is InChI=1S/C17H17F4N/c1-11-10-22-15(12-4-6-14(18)7-5-12)8-13(11)9-16(2,3)17(19,20)21/h4-8,10H,9H2,1-3H3/i1D3. The van der Waals surface area contributed by atoms with Crippen LogP contribution in [0.2, 0.25) is 0 Å². The van der Waals surface area contributed by atoms with E-state index in [0.717, 1.165) is 20.0 Å². The molecule has 0 unspecified atom stereocenters. The molecule has 0 spiro atoms. The molecule has 0 aliphatic heterocycles. The molecule has 1 aromatic heterocycles. The maximum Gasteiger partial charge on any atom is 0.394 e. The lowest BCUT2D eigenvalue weighted by molar-refractivity contribution is -0.211. The highest BCUT2D eigenvalue weighted by Crippen LogP contribution is 2.40. The van der Waals surface area contributed by atoms with Gasteiger partial charge in [0.2, 0.25) is 0 Å². The first-order valence-electron chi connectivity index (χ1n) is 8.13. The van der Waals surface area contributed by atoms with E-state index in [0.29, 0.717) is 11.3 Å². The molecule has 2 rings (SSSR count). The maximum atomic E-state index is 13.2. The van der Waals surface area contributed by atoms with Crippen molar-refractivity contribution in [2.45, 2.75) is 33.3 Å². The van der Waals surface area contributed by atoms with E-state index in [1.165, 1.54) is 30.3 Å². The van der Waals surface area contributed by atoms with Crippen molar-refractivity contribution in [1.82, 2.24) is 4.98 Å². The molecule has 0 saturated heterocycles. The van der Waals surface area contributed by atoms with Crippen molar-refractivity contribution < 1.29 is 21.7 Å². The normalized spacial score (nSPS) is 15.1. The number of nitrogens with zero attached hydrogens (tertiary/aromatic N) is 1. The van der Waals surface area contributed by atoms with Crippen LogP contribution in [0.3, 0.4) is 0 Å². The average molecular weight is 314 g/mol. The highest BCUT2D eigenvalue weighted by atomic mass is 19.4. The number of rotatable bonds is 3. The summed E-state index contributed by atoms with van der Waals surface area (Å²) in [5, 5.41) is 0. The summed E-state index contributed by atoms with van der Waals surface area (Å²) in [6, 6.07) is 6.61. The van der Waals surface area contributed by atoms with Crippen LogP contribution in [0.1, 0.15) is 29.1 Å². The second-order valence-corrected chi connectivity index (χ2v) is 5.79. The van der Waals surface area contributed by atoms with Gasteiger partial charge in [0, 0.05) is 15.9 Å². The van der Waals surface area contributed by atoms with E-state index in [9.17, 15) is 17.6 Å². The van der Waals surface area contributed by atoms with Crippen molar-refractivity contribution in [3.8, 4) is 11.3 Å². The number of halogens is 4. The first kappa shape index (κ1) is 12.6. The second kappa shape index (κ2) is 5.71. The molecule has 0 aliphatic rings. The zero-order valence-electron chi connectivity index (χ0n) is 15.1. The summed E-state index contributed by atoms with van der Waals surface area (Å²) in [6.45, 7) is -0.534. The number of hydrogen-bond donors (Lipinski definition) is 0. The fourth-order valence-corrected chi connectivity index (χ4v) is 2.00. The first-order chi connectivity index (χ1) is 11.3. The molecule has 0 bridgehead atoms. The average Bonchev–Trinajstić information content (AvgIpc) is 2.45. The Kier molecular flexibility index (Phi) is 3.27. The van der Waals surface area contributed by atoms with Gasteiger partial charge >= 0.3 is 6.18 Å². The van der Waals surface area contributed by atoms with Crippen LogP contribution in [-0.2, 0) is 6.42 Å². The van der Waals surface area contributed by atoms with Crippen LogP contribution in [0.4, 0.5) is 17.6 Å². The first-order valence-corrected chi connectivity index (χ1v) is 6.63. The fraction of sp³-hybridized carbons (Fsp3) is 0.353. The highest BCUT2D eigenvalue weighted by molar-refractivity contribution is 5.60. The summed E-state index contributed by atoms with van der Waals surface area (Å²) < 4.78 is 75.3. The molecule has 0 N–H and O–H groups in total. The molecule has 22 heavy (non-hydrogen) atoms. The van der Waals surface area contributed by atoms with Crippen LogP contribution >= 0.6 is 0 Å². The quantitative estimate of drug-likeness (QED) is 0.698. The number of aryl methyl sites for hydroxylation is 1. The summed E-state index contributed by atoms with van der Waals surface area (Å²) in [5.74, 6) is -0.457. The Hall–Kier alpha value is -1.91. The van der Waals surface area contributed by atoms with Crippen molar-refractivity contribution >= 4 is 0 Å². The van der Waals surface area contributed by atoms with Gasteiger partial charge in [-0.2, -0.15) is 13.2 Å². The summed E-state index contributed by atoms with van der Waals surface area (Å²) in [6.07, 6.45) is -3.91. The minimum Gasteiger partial charge on any atom is -0.256 e. The Labute approximate surface area is 131 Å². The molecule has 0 amide bonds. The molecule has 2 aromatic rings. The lowest BCUT2D eigenvalue weighted by Gasteiger charge is -2.28. The van der Waals surface area contributed by atoms with Crippen LogP contribution in [0, 0.1) is 18.1 Å². The van der Waals surface area contributed by atoms with Crippen molar-refractivity contribution in [3.05, 3.63) is 53.5 Å². The zero-order valence-corrected chi connectivity index (χ0v) is 12.1. The van der Waals surface area contributed by atoms with Crippen LogP contribution < -0.4 is 0 Å². The molecule has 1 heterocycles. The third-order valence-electron chi connectivity index (χ3n) is 3.53. The van der Waals surface area contributed by atoms with Crippen molar-refractivity contribution in [3.63, 3.8) is 0 Å². The van der Waals surface area contributed by atoms with Crippen LogP contribution in [0.25, 0.3) is 11.3 Å². The van der Waals surface area contributed by atoms with E-state index in [2.05, 4.69) is 4.98 Å². The number of alkyl halides is 3. The number of pyridine rings is 1. The van der Waals surface area contributed by atoms with E-state index in [1.807, 2.05) is 0 Å². The third kappa shape index (κ3) is 3.46. The van der Waals surface area contributed by atoms with Crippen LogP contribution in [0.5, 0.6) is 0 Å². The SMILES string of the molecule is [2H]C([2H])([2H])c1cnc(-c2ccc(F)cc2)cc1CC(C)(C)C(F)(F)F. The van der Waals surface area contributed by atoms with Gasteiger partial charge in [-0.25, -0.2) is 4.39 Å². The summed E-state index contributed by atoms with van der Waals surface area (Å²) in [7, 11) is 0. The number of hydrogen-bond acceptors (Lipinski definition) is 1. The Balaban J connectivity index is 2.54. The van der Waals surface area contributed by atoms with E-state index < -0.39 is 30.7 Å². The largest absolute Gasteiger partial charge is 0.394 e. The molecule has 0 aliphatic carbocycles. The van der Waals surface area contributed by atoms with Crippen molar-refractivity contribution in [1.29, 1.82) is 0 Å².